The Morgan fingerprint density at radius 3 is 1.84 bits per heavy atom. The van der Waals surface area contributed by atoms with Crippen LogP contribution >= 0.6 is 0 Å². The molecule has 0 radical (unpaired) electrons. The molecule has 0 aliphatic heterocycles. The second kappa shape index (κ2) is 17.2. The number of nitrogens with one attached hydrogen (secondary N) is 4. The van der Waals surface area contributed by atoms with Gasteiger partial charge in [0.1, 0.15) is 24.3 Å². The third-order valence-electron chi connectivity index (χ3n) is 8.64. The molecule has 2 aliphatic carbocycles. The molecule has 0 spiro atoms. The Labute approximate surface area is 267 Å². The van der Waals surface area contributed by atoms with Crippen molar-refractivity contribution in [3.63, 3.8) is 0 Å². The van der Waals surface area contributed by atoms with Gasteiger partial charge in [-0.05, 0) is 77.7 Å². The van der Waals surface area contributed by atoms with Crippen molar-refractivity contribution in [3.05, 3.63) is 35.9 Å². The molecule has 250 valence electrons. The third kappa shape index (κ3) is 12.0. The zero-order valence-electron chi connectivity index (χ0n) is 27.5. The minimum absolute atomic E-state index is 0.0209. The number of carbonyl (C=O) groups is 5. The van der Waals surface area contributed by atoms with E-state index in [2.05, 4.69) is 21.3 Å². The van der Waals surface area contributed by atoms with Crippen molar-refractivity contribution in [2.75, 3.05) is 13.1 Å². The van der Waals surface area contributed by atoms with Crippen molar-refractivity contribution in [1.82, 2.24) is 21.3 Å². The summed E-state index contributed by atoms with van der Waals surface area (Å²) in [6, 6.07) is 8.01. The van der Waals surface area contributed by atoms with Gasteiger partial charge in [-0.2, -0.15) is 0 Å². The first-order valence-electron chi connectivity index (χ1n) is 16.4. The summed E-state index contributed by atoms with van der Waals surface area (Å²) in [6.07, 6.45) is 6.11. The molecule has 0 unspecified atom stereocenters. The van der Waals surface area contributed by atoms with Crippen molar-refractivity contribution in [3.8, 4) is 0 Å². The normalized spacial score (nSPS) is 23.0. The number of rotatable bonds is 12. The van der Waals surface area contributed by atoms with Crippen LogP contribution in [0.25, 0.3) is 0 Å². The van der Waals surface area contributed by atoms with Gasteiger partial charge in [0.25, 0.3) is 0 Å². The molecule has 6 atom stereocenters. The molecule has 11 heteroatoms. The molecule has 0 heterocycles. The summed E-state index contributed by atoms with van der Waals surface area (Å²) < 4.78 is 10.8. The number of ether oxygens (including phenoxy) is 2. The lowest BCUT2D eigenvalue weighted by atomic mass is 9.78. The first-order chi connectivity index (χ1) is 21.3. The van der Waals surface area contributed by atoms with Gasteiger partial charge in [-0.15, -0.1) is 0 Å². The van der Waals surface area contributed by atoms with Crippen LogP contribution in [0.1, 0.15) is 91.5 Å². The van der Waals surface area contributed by atoms with E-state index in [9.17, 15) is 24.0 Å². The maximum atomic E-state index is 13.3. The van der Waals surface area contributed by atoms with Crippen LogP contribution in [-0.4, -0.2) is 60.6 Å². The SMILES string of the molecule is C[C@H](NC(=O)OC(C)(C)C)C(=O)NC[C@@H]1CCCC[C@@H]1C(=O)N[C@@H](C)C(=O)NC[C@@H]1CCCC[C@@H]1C(=O)OCc1ccccc1. The Morgan fingerprint density at radius 2 is 1.27 bits per heavy atom. The molecule has 1 aromatic rings. The maximum Gasteiger partial charge on any atom is 0.408 e. The van der Waals surface area contributed by atoms with Gasteiger partial charge in [0.2, 0.25) is 17.7 Å². The lowest BCUT2D eigenvalue weighted by Crippen LogP contribution is -2.51. The van der Waals surface area contributed by atoms with Crippen LogP contribution in [0.4, 0.5) is 4.79 Å². The number of carbonyl (C=O) groups excluding carboxylic acids is 5. The molecular weight excluding hydrogens is 576 g/mol. The number of hydrogen-bond donors (Lipinski definition) is 4. The van der Waals surface area contributed by atoms with Gasteiger partial charge in [0.15, 0.2) is 0 Å². The second-order valence-corrected chi connectivity index (χ2v) is 13.5. The van der Waals surface area contributed by atoms with Crippen molar-refractivity contribution in [1.29, 1.82) is 0 Å². The molecule has 45 heavy (non-hydrogen) atoms. The summed E-state index contributed by atoms with van der Waals surface area (Å²) in [5, 5.41) is 11.2. The summed E-state index contributed by atoms with van der Waals surface area (Å²) in [5.74, 6) is -1.82. The van der Waals surface area contributed by atoms with Gasteiger partial charge in [-0.1, -0.05) is 56.0 Å². The van der Waals surface area contributed by atoms with Crippen molar-refractivity contribution in [2.45, 2.75) is 110 Å². The largest absolute Gasteiger partial charge is 0.461 e. The maximum absolute atomic E-state index is 13.3. The predicted molar refractivity (Wildman–Crippen MR) is 170 cm³/mol. The van der Waals surface area contributed by atoms with Crippen LogP contribution in [0.15, 0.2) is 30.3 Å². The van der Waals surface area contributed by atoms with Crippen molar-refractivity contribution in [2.24, 2.45) is 23.7 Å². The van der Waals surface area contributed by atoms with Gasteiger partial charge in [0.05, 0.1) is 5.92 Å². The van der Waals surface area contributed by atoms with Crippen LogP contribution in [0.3, 0.4) is 0 Å². The highest BCUT2D eigenvalue weighted by molar-refractivity contribution is 5.88. The molecule has 11 nitrogen and oxygen atoms in total. The molecule has 4 N–H and O–H groups in total. The summed E-state index contributed by atoms with van der Waals surface area (Å²) >= 11 is 0. The molecule has 3 rings (SSSR count). The van der Waals surface area contributed by atoms with Gasteiger partial charge in [-0.25, -0.2) is 4.79 Å². The van der Waals surface area contributed by atoms with Gasteiger partial charge >= 0.3 is 12.1 Å². The molecule has 0 aromatic heterocycles. The monoisotopic (exact) mass is 628 g/mol. The average molecular weight is 629 g/mol. The molecule has 1 aromatic carbocycles. The summed E-state index contributed by atoms with van der Waals surface area (Å²) in [4.78, 5) is 63.8. The van der Waals surface area contributed by atoms with Gasteiger partial charge in [-0.3, -0.25) is 19.2 Å². The van der Waals surface area contributed by atoms with E-state index in [0.717, 1.165) is 50.5 Å². The summed E-state index contributed by atoms with van der Waals surface area (Å²) in [5.41, 5.74) is 0.259. The van der Waals surface area contributed by atoms with E-state index in [4.69, 9.17) is 9.47 Å². The van der Waals surface area contributed by atoms with Gasteiger partial charge in [0, 0.05) is 19.0 Å². The molecule has 4 amide bonds. The van der Waals surface area contributed by atoms with Crippen LogP contribution in [0.5, 0.6) is 0 Å². The van der Waals surface area contributed by atoms with Crippen LogP contribution in [0.2, 0.25) is 0 Å². The van der Waals surface area contributed by atoms with E-state index in [-0.39, 0.29) is 54.0 Å². The Balaban J connectivity index is 1.45. The number of alkyl carbamates (subject to hydrolysis) is 1. The number of hydrogen-bond acceptors (Lipinski definition) is 7. The highest BCUT2D eigenvalue weighted by Gasteiger charge is 2.35. The highest BCUT2D eigenvalue weighted by atomic mass is 16.6. The molecule has 0 bridgehead atoms. The number of benzene rings is 1. The van der Waals surface area contributed by atoms with Crippen LogP contribution < -0.4 is 21.3 Å². The van der Waals surface area contributed by atoms with Crippen LogP contribution in [0, 0.1) is 23.7 Å². The third-order valence-corrected chi connectivity index (χ3v) is 8.64. The van der Waals surface area contributed by atoms with E-state index in [1.807, 2.05) is 30.3 Å². The average Bonchev–Trinajstić information content (AvgIpc) is 3.00. The van der Waals surface area contributed by atoms with Crippen LogP contribution in [-0.2, 0) is 35.3 Å². The first kappa shape index (κ1) is 35.8. The molecular formula is C34H52N4O7. The van der Waals surface area contributed by atoms with E-state index in [1.165, 1.54) is 0 Å². The standard InChI is InChI=1S/C34H52N4O7/c1-22(29(39)36-20-26-16-10-12-18-28(26)32(42)44-21-24-13-7-6-8-14-24)37-31(41)27-17-11-9-15-25(27)19-35-30(40)23(2)38-33(43)45-34(3,4)5/h6-8,13-14,22-23,25-28H,9-12,15-21H2,1-5H3,(H,35,40)(H,36,39)(H,37,41)(H,38,43)/t22-,23-,25-,26-,27-,28-/m0/s1. The van der Waals surface area contributed by atoms with E-state index in [1.54, 1.807) is 34.6 Å². The lowest BCUT2D eigenvalue weighted by Gasteiger charge is -2.32. The minimum Gasteiger partial charge on any atom is -0.461 e. The first-order valence-corrected chi connectivity index (χ1v) is 16.4. The Kier molecular flexibility index (Phi) is 13.7. The van der Waals surface area contributed by atoms with E-state index < -0.39 is 23.8 Å². The molecule has 0 saturated heterocycles. The number of amides is 4. The smallest absolute Gasteiger partial charge is 0.408 e. The number of esters is 1. The van der Waals surface area contributed by atoms with Gasteiger partial charge < -0.3 is 30.7 Å². The lowest BCUT2D eigenvalue weighted by molar-refractivity contribution is -0.153. The minimum atomic E-state index is -0.797. The van der Waals surface area contributed by atoms with Crippen molar-refractivity contribution >= 4 is 29.8 Å². The summed E-state index contributed by atoms with van der Waals surface area (Å²) in [6.45, 7) is 9.33. The zero-order chi connectivity index (χ0) is 33.0. The highest BCUT2D eigenvalue weighted by Crippen LogP contribution is 2.31. The summed E-state index contributed by atoms with van der Waals surface area (Å²) in [7, 11) is 0. The Bertz CT molecular complexity index is 1150. The van der Waals surface area contributed by atoms with E-state index in [0.29, 0.717) is 19.5 Å². The fourth-order valence-corrected chi connectivity index (χ4v) is 6.10. The molecule has 2 fully saturated rings. The topological polar surface area (TPSA) is 152 Å². The zero-order valence-corrected chi connectivity index (χ0v) is 27.5. The quantitative estimate of drug-likeness (QED) is 0.256. The molecule has 2 aliphatic rings. The Morgan fingerprint density at radius 1 is 0.756 bits per heavy atom. The van der Waals surface area contributed by atoms with Crippen molar-refractivity contribution < 1.29 is 33.4 Å². The Hall–Kier alpha value is -3.63. The van der Waals surface area contributed by atoms with E-state index >= 15 is 0 Å². The molecule has 2 saturated carbocycles. The second-order valence-electron chi connectivity index (χ2n) is 13.5. The fraction of sp³-hybridized carbons (Fsp3) is 0.676. The predicted octanol–water partition coefficient (Wildman–Crippen LogP) is 3.99. The fourth-order valence-electron chi connectivity index (χ4n) is 6.10.